The first kappa shape index (κ1) is 37.3. The van der Waals surface area contributed by atoms with Crippen molar-refractivity contribution in [3.63, 3.8) is 0 Å². The van der Waals surface area contributed by atoms with Crippen LogP contribution in [-0.4, -0.2) is 14.5 Å². The molecule has 0 radical (unpaired) electrons. The molecule has 14 aromatic rings. The average Bonchev–Trinajstić information content (AvgIpc) is 4.08. The van der Waals surface area contributed by atoms with Gasteiger partial charge in [-0.15, -0.1) is 0 Å². The van der Waals surface area contributed by atoms with Gasteiger partial charge in [-0.3, -0.25) is 4.57 Å². The van der Waals surface area contributed by atoms with Gasteiger partial charge in [0.25, 0.3) is 0 Å². The number of rotatable bonds is 6. The maximum atomic E-state index is 6.57. The van der Waals surface area contributed by atoms with Gasteiger partial charge < -0.3 is 8.83 Å². The van der Waals surface area contributed by atoms with Crippen LogP contribution in [0.2, 0.25) is 0 Å². The molecule has 0 spiro atoms. The second-order valence-electron chi connectivity index (χ2n) is 17.2. The lowest BCUT2D eigenvalue weighted by Gasteiger charge is -2.14. The summed E-state index contributed by atoms with van der Waals surface area (Å²) < 4.78 is 15.1. The second kappa shape index (κ2) is 14.7. The lowest BCUT2D eigenvalue weighted by Crippen LogP contribution is -2.04. The second-order valence-corrected chi connectivity index (χ2v) is 17.2. The van der Waals surface area contributed by atoms with Crippen molar-refractivity contribution in [2.24, 2.45) is 0 Å². The van der Waals surface area contributed by atoms with Gasteiger partial charge in [0.1, 0.15) is 22.3 Å². The third-order valence-electron chi connectivity index (χ3n) is 13.4. The highest BCUT2D eigenvalue weighted by atomic mass is 16.3. The number of para-hydroxylation sites is 5. The number of nitrogens with zero attached hydrogens (tertiary/aromatic N) is 3. The van der Waals surface area contributed by atoms with Crippen molar-refractivity contribution in [1.29, 1.82) is 0 Å². The third kappa shape index (κ3) is 5.88. The summed E-state index contributed by atoms with van der Waals surface area (Å²) in [6.07, 6.45) is 0. The fraction of sp³-hybridized carbons (Fsp3) is 0. The van der Waals surface area contributed by atoms with Crippen molar-refractivity contribution in [1.82, 2.24) is 14.5 Å². The summed E-state index contributed by atoms with van der Waals surface area (Å²) in [5.74, 6) is 0.613. The maximum Gasteiger partial charge on any atom is 0.235 e. The monoisotopic (exact) mass is 855 g/mol. The molecule has 5 heteroatoms. The number of hydrogen-bond acceptors (Lipinski definition) is 4. The lowest BCUT2D eigenvalue weighted by molar-refractivity contribution is 0.669. The Kier molecular flexibility index (Phi) is 8.21. The summed E-state index contributed by atoms with van der Waals surface area (Å²) in [6.45, 7) is 0. The van der Waals surface area contributed by atoms with E-state index in [9.17, 15) is 0 Å². The van der Waals surface area contributed by atoms with E-state index < -0.39 is 0 Å². The zero-order valence-corrected chi connectivity index (χ0v) is 36.0. The minimum absolute atomic E-state index is 0.613. The molecular formula is C62H37N3O2. The molecule has 0 saturated carbocycles. The Morgan fingerprint density at radius 2 is 0.896 bits per heavy atom. The highest BCUT2D eigenvalue weighted by Crippen LogP contribution is 2.43. The lowest BCUT2D eigenvalue weighted by atomic mass is 9.94. The summed E-state index contributed by atoms with van der Waals surface area (Å²) in [6, 6.07) is 79.2. The van der Waals surface area contributed by atoms with Gasteiger partial charge in [-0.25, -0.2) is 9.97 Å². The number of hydrogen-bond donors (Lipinski definition) is 0. The van der Waals surface area contributed by atoms with Crippen LogP contribution in [0.25, 0.3) is 138 Å². The van der Waals surface area contributed by atoms with Crippen molar-refractivity contribution in [3.8, 4) is 61.7 Å². The van der Waals surface area contributed by atoms with E-state index in [0.29, 0.717) is 5.95 Å². The fourth-order valence-corrected chi connectivity index (χ4v) is 10.4. The molecule has 4 heterocycles. The van der Waals surface area contributed by atoms with Gasteiger partial charge in [0.05, 0.1) is 22.2 Å². The molecule has 0 N–H and O–H groups in total. The molecule has 4 aromatic heterocycles. The first-order valence-electron chi connectivity index (χ1n) is 22.6. The van der Waals surface area contributed by atoms with E-state index in [1.807, 2.05) is 30.3 Å². The Morgan fingerprint density at radius 3 is 1.72 bits per heavy atom. The van der Waals surface area contributed by atoms with E-state index in [-0.39, 0.29) is 0 Å². The molecule has 0 bridgehead atoms. The number of furan rings is 2. The van der Waals surface area contributed by atoms with Crippen LogP contribution in [0, 0.1) is 0 Å². The quantitative estimate of drug-likeness (QED) is 0.167. The van der Waals surface area contributed by atoms with Crippen LogP contribution >= 0.6 is 0 Å². The summed E-state index contributed by atoms with van der Waals surface area (Å²) in [7, 11) is 0. The molecule has 0 aliphatic heterocycles. The molecule has 67 heavy (non-hydrogen) atoms. The molecule has 0 aliphatic carbocycles. The molecule has 0 aliphatic rings. The van der Waals surface area contributed by atoms with Crippen molar-refractivity contribution in [3.05, 3.63) is 224 Å². The summed E-state index contributed by atoms with van der Waals surface area (Å²) in [5, 5.41) is 7.69. The maximum absolute atomic E-state index is 6.57. The van der Waals surface area contributed by atoms with Gasteiger partial charge in [0.2, 0.25) is 5.95 Å². The van der Waals surface area contributed by atoms with Gasteiger partial charge in [0, 0.05) is 54.4 Å². The molecule has 14 rings (SSSR count). The Morgan fingerprint density at radius 1 is 0.328 bits per heavy atom. The minimum Gasteiger partial charge on any atom is -0.456 e. The Labute approximate surface area is 384 Å². The van der Waals surface area contributed by atoms with Gasteiger partial charge in [-0.05, 0) is 81.9 Å². The van der Waals surface area contributed by atoms with E-state index in [1.54, 1.807) is 0 Å². The first-order valence-corrected chi connectivity index (χ1v) is 22.6. The van der Waals surface area contributed by atoms with Gasteiger partial charge in [-0.2, -0.15) is 0 Å². The molecule has 5 nitrogen and oxygen atoms in total. The molecule has 0 unspecified atom stereocenters. The SMILES string of the molecule is c1ccc(-c2nc(-n3c4ccc(-c5cccc6c5oc5ccccc56)cc4c4cccc(-c5cccc(-c6cccc(-c7cccc8oc9ccccc9c78)c6)c5)c43)nc3ccccc23)cc1. The molecule has 0 saturated heterocycles. The number of aromatic nitrogens is 3. The van der Waals surface area contributed by atoms with Crippen LogP contribution in [0.15, 0.2) is 233 Å². The fourth-order valence-electron chi connectivity index (χ4n) is 10.4. The van der Waals surface area contributed by atoms with Crippen LogP contribution in [0.3, 0.4) is 0 Å². The van der Waals surface area contributed by atoms with E-state index in [4.69, 9.17) is 18.8 Å². The average molecular weight is 856 g/mol. The molecule has 0 atom stereocenters. The predicted molar refractivity (Wildman–Crippen MR) is 276 cm³/mol. The Bertz CT molecular complexity index is 4290. The van der Waals surface area contributed by atoms with E-state index >= 15 is 0 Å². The van der Waals surface area contributed by atoms with Crippen molar-refractivity contribution < 1.29 is 8.83 Å². The highest BCUT2D eigenvalue weighted by Gasteiger charge is 2.22. The highest BCUT2D eigenvalue weighted by molar-refractivity contribution is 6.16. The van der Waals surface area contributed by atoms with Gasteiger partial charge in [0.15, 0.2) is 0 Å². The van der Waals surface area contributed by atoms with Crippen molar-refractivity contribution >= 4 is 76.6 Å². The standard InChI is InChI=1S/C62H37N3O2/c1-2-15-38(16-3-1)59-50-22-4-7-29-53(50)63-62(64-59)65-54-34-33-43(46-26-13-28-49-47-21-5-8-30-55(47)67-61(46)49)37-52(54)48-27-12-25-45(60(48)65)42-20-11-18-40(36-42)39-17-10-19-41(35-39)44-24-14-32-57-58(44)51-23-6-9-31-56(51)66-57/h1-37H. The summed E-state index contributed by atoms with van der Waals surface area (Å²) in [4.78, 5) is 10.8. The molecule has 10 aromatic carbocycles. The van der Waals surface area contributed by atoms with E-state index in [1.165, 1.54) is 0 Å². The first-order chi connectivity index (χ1) is 33.2. The molecular weight excluding hydrogens is 819 g/mol. The molecule has 0 fully saturated rings. The van der Waals surface area contributed by atoms with Crippen molar-refractivity contribution in [2.75, 3.05) is 0 Å². The Balaban J connectivity index is 0.987. The van der Waals surface area contributed by atoms with Crippen LogP contribution in [0.4, 0.5) is 0 Å². The van der Waals surface area contributed by atoms with E-state index in [0.717, 1.165) is 132 Å². The van der Waals surface area contributed by atoms with Gasteiger partial charge in [-0.1, -0.05) is 176 Å². The van der Waals surface area contributed by atoms with E-state index in [2.05, 4.69) is 199 Å². The third-order valence-corrected chi connectivity index (χ3v) is 13.4. The molecule has 0 amide bonds. The summed E-state index contributed by atoms with van der Waals surface area (Å²) >= 11 is 0. The zero-order valence-electron chi connectivity index (χ0n) is 36.0. The summed E-state index contributed by atoms with van der Waals surface area (Å²) in [5.41, 5.74) is 17.3. The topological polar surface area (TPSA) is 57.0 Å². The Hall–Kier alpha value is -9.06. The molecule has 312 valence electrons. The van der Waals surface area contributed by atoms with Crippen LogP contribution in [0.5, 0.6) is 0 Å². The van der Waals surface area contributed by atoms with Crippen molar-refractivity contribution in [2.45, 2.75) is 0 Å². The minimum atomic E-state index is 0.613. The van der Waals surface area contributed by atoms with Crippen LogP contribution < -0.4 is 0 Å². The smallest absolute Gasteiger partial charge is 0.235 e. The van der Waals surface area contributed by atoms with Crippen LogP contribution in [-0.2, 0) is 0 Å². The largest absolute Gasteiger partial charge is 0.456 e. The number of benzene rings is 10. The number of fused-ring (bicyclic) bond motifs is 10. The predicted octanol–water partition coefficient (Wildman–Crippen LogP) is 16.9. The zero-order chi connectivity index (χ0) is 44.0. The van der Waals surface area contributed by atoms with Gasteiger partial charge >= 0.3 is 0 Å². The normalized spacial score (nSPS) is 11.9. The van der Waals surface area contributed by atoms with Crippen LogP contribution in [0.1, 0.15) is 0 Å².